The molecular weight excluding hydrogens is 284 g/mol. The van der Waals surface area contributed by atoms with Crippen molar-refractivity contribution < 1.29 is 18.9 Å². The van der Waals surface area contributed by atoms with E-state index in [1.807, 2.05) is 13.8 Å². The molecule has 0 bridgehead atoms. The van der Waals surface area contributed by atoms with Gasteiger partial charge in [-0.15, -0.1) is 0 Å². The fraction of sp³-hybridized carbons (Fsp3) is 0.500. The number of aromatic nitrogens is 2. The highest BCUT2D eigenvalue weighted by molar-refractivity contribution is 5.11. The van der Waals surface area contributed by atoms with Crippen molar-refractivity contribution in [1.82, 2.24) is 9.97 Å². The van der Waals surface area contributed by atoms with Crippen LogP contribution in [-0.2, 0) is 9.47 Å². The highest BCUT2D eigenvalue weighted by atomic mass is 16.5. The van der Waals surface area contributed by atoms with E-state index in [0.29, 0.717) is 19.1 Å². The van der Waals surface area contributed by atoms with Crippen LogP contribution < -0.4 is 9.47 Å². The van der Waals surface area contributed by atoms with Gasteiger partial charge in [0.25, 0.3) is 0 Å². The zero-order valence-electron chi connectivity index (χ0n) is 13.2. The first-order valence-corrected chi connectivity index (χ1v) is 7.34. The molecule has 2 atom stereocenters. The number of hydrogen-bond donors (Lipinski definition) is 0. The molecule has 0 aromatic carbocycles. The monoisotopic (exact) mass is 308 g/mol. The number of nitrogens with zero attached hydrogens (tertiary/aromatic N) is 2. The Bertz CT molecular complexity index is 416. The van der Waals surface area contributed by atoms with Gasteiger partial charge in [0.15, 0.2) is 0 Å². The molecule has 0 radical (unpaired) electrons. The Balaban J connectivity index is 2.50. The number of hydrogen-bond acceptors (Lipinski definition) is 6. The summed E-state index contributed by atoms with van der Waals surface area (Å²) in [5.74, 6) is 0.439. The van der Waals surface area contributed by atoms with Crippen molar-refractivity contribution in [2.24, 2.45) is 0 Å². The predicted octanol–water partition coefficient (Wildman–Crippen LogP) is 3.11. The van der Waals surface area contributed by atoms with Crippen molar-refractivity contribution in [3.63, 3.8) is 0 Å². The maximum absolute atomic E-state index is 5.58. The quantitative estimate of drug-likeness (QED) is 0.553. The topological polar surface area (TPSA) is 62.7 Å². The van der Waals surface area contributed by atoms with Gasteiger partial charge in [0, 0.05) is 12.3 Å². The normalized spacial score (nSPS) is 12.8. The van der Waals surface area contributed by atoms with Crippen molar-refractivity contribution in [1.29, 1.82) is 0 Å². The van der Waals surface area contributed by atoms with Gasteiger partial charge in [0.05, 0.1) is 12.5 Å². The highest BCUT2D eigenvalue weighted by Gasteiger charge is 2.10. The van der Waals surface area contributed by atoms with E-state index in [-0.39, 0.29) is 18.2 Å². The minimum atomic E-state index is -0.0730. The van der Waals surface area contributed by atoms with E-state index in [1.54, 1.807) is 12.3 Å². The van der Waals surface area contributed by atoms with Crippen LogP contribution in [0.3, 0.4) is 0 Å². The fourth-order valence-corrected chi connectivity index (χ4v) is 1.60. The van der Waals surface area contributed by atoms with Crippen LogP contribution in [0.25, 0.3) is 0 Å². The van der Waals surface area contributed by atoms with E-state index >= 15 is 0 Å². The lowest BCUT2D eigenvalue weighted by molar-refractivity contribution is 0.0768. The van der Waals surface area contributed by atoms with Gasteiger partial charge in [-0.1, -0.05) is 27.0 Å². The molecule has 122 valence electrons. The molecule has 0 aliphatic carbocycles. The molecular formula is C16H24N2O4. The van der Waals surface area contributed by atoms with Crippen LogP contribution in [0, 0.1) is 0 Å². The number of ether oxygens (including phenoxy) is 4. The van der Waals surface area contributed by atoms with Crippen LogP contribution in [0.4, 0.5) is 0 Å². The second-order valence-corrected chi connectivity index (χ2v) is 4.47. The fourth-order valence-electron chi connectivity index (χ4n) is 1.60. The minimum Gasteiger partial charge on any atom is -0.495 e. The molecule has 2 unspecified atom stereocenters. The summed E-state index contributed by atoms with van der Waals surface area (Å²) in [5, 5.41) is 0. The maximum Gasteiger partial charge on any atom is 0.319 e. The standard InChI is InChI=1S/C16H24N2O4/c1-5-13(19-7-3)11-21-15-9-10-17-16(18-15)22-12-14(6-2)20-8-4/h7-10,13-14H,3-6,11-12H2,1-2H3. The lowest BCUT2D eigenvalue weighted by atomic mass is 10.3. The van der Waals surface area contributed by atoms with Crippen LogP contribution in [0.2, 0.25) is 0 Å². The summed E-state index contributed by atoms with van der Waals surface area (Å²) in [5.41, 5.74) is 0. The average molecular weight is 308 g/mol. The van der Waals surface area contributed by atoms with Gasteiger partial charge in [-0.25, -0.2) is 4.98 Å². The largest absolute Gasteiger partial charge is 0.495 e. The third-order valence-electron chi connectivity index (χ3n) is 2.91. The Morgan fingerprint density at radius 1 is 1.05 bits per heavy atom. The van der Waals surface area contributed by atoms with Crippen molar-refractivity contribution in [3.05, 3.63) is 37.9 Å². The van der Waals surface area contributed by atoms with E-state index in [2.05, 4.69) is 23.1 Å². The molecule has 0 spiro atoms. The van der Waals surface area contributed by atoms with Crippen molar-refractivity contribution in [2.45, 2.75) is 38.9 Å². The summed E-state index contributed by atoms with van der Waals surface area (Å²) in [4.78, 5) is 8.23. The maximum atomic E-state index is 5.58. The molecule has 0 saturated heterocycles. The summed E-state index contributed by atoms with van der Waals surface area (Å²) in [6.07, 6.45) is 5.90. The summed E-state index contributed by atoms with van der Waals surface area (Å²) in [6, 6.07) is 1.92. The summed E-state index contributed by atoms with van der Waals surface area (Å²) >= 11 is 0. The van der Waals surface area contributed by atoms with Crippen molar-refractivity contribution in [3.8, 4) is 11.9 Å². The van der Waals surface area contributed by atoms with Crippen LogP contribution in [-0.4, -0.2) is 35.4 Å². The predicted molar refractivity (Wildman–Crippen MR) is 83.7 cm³/mol. The first-order valence-electron chi connectivity index (χ1n) is 7.34. The van der Waals surface area contributed by atoms with Crippen LogP contribution in [0.5, 0.6) is 11.9 Å². The van der Waals surface area contributed by atoms with Gasteiger partial charge in [-0.3, -0.25) is 0 Å². The first kappa shape index (κ1) is 17.8. The van der Waals surface area contributed by atoms with Gasteiger partial charge in [0.2, 0.25) is 5.88 Å². The second-order valence-electron chi connectivity index (χ2n) is 4.47. The minimum absolute atomic E-state index is 0.0534. The summed E-state index contributed by atoms with van der Waals surface area (Å²) in [7, 11) is 0. The van der Waals surface area contributed by atoms with Crippen LogP contribution in [0.15, 0.2) is 37.9 Å². The van der Waals surface area contributed by atoms with Gasteiger partial charge in [0.1, 0.15) is 25.4 Å². The van der Waals surface area contributed by atoms with Gasteiger partial charge < -0.3 is 18.9 Å². The first-order chi connectivity index (χ1) is 10.7. The van der Waals surface area contributed by atoms with Gasteiger partial charge in [-0.05, 0) is 12.8 Å². The van der Waals surface area contributed by atoms with E-state index < -0.39 is 0 Å². The summed E-state index contributed by atoms with van der Waals surface area (Å²) < 4.78 is 21.7. The third kappa shape index (κ3) is 6.47. The molecule has 0 N–H and O–H groups in total. The molecule has 1 aromatic heterocycles. The zero-order chi connectivity index (χ0) is 16.2. The lowest BCUT2D eigenvalue weighted by Gasteiger charge is -2.16. The zero-order valence-corrected chi connectivity index (χ0v) is 13.2. The second kappa shape index (κ2) is 10.5. The lowest BCUT2D eigenvalue weighted by Crippen LogP contribution is -2.20. The Morgan fingerprint density at radius 3 is 2.18 bits per heavy atom. The molecule has 0 aliphatic rings. The van der Waals surface area contributed by atoms with Crippen molar-refractivity contribution >= 4 is 0 Å². The molecule has 0 amide bonds. The molecule has 1 heterocycles. The Kier molecular flexibility index (Phi) is 8.49. The average Bonchev–Trinajstić information content (AvgIpc) is 2.55. The Hall–Kier alpha value is -2.24. The Labute approximate surface area is 131 Å². The smallest absolute Gasteiger partial charge is 0.319 e. The molecule has 0 fully saturated rings. The molecule has 0 aliphatic heterocycles. The van der Waals surface area contributed by atoms with Gasteiger partial charge >= 0.3 is 6.01 Å². The molecule has 22 heavy (non-hydrogen) atoms. The van der Waals surface area contributed by atoms with Crippen LogP contribution in [0.1, 0.15) is 26.7 Å². The summed E-state index contributed by atoms with van der Waals surface area (Å²) in [6.45, 7) is 11.8. The van der Waals surface area contributed by atoms with E-state index in [0.717, 1.165) is 12.8 Å². The van der Waals surface area contributed by atoms with E-state index in [1.165, 1.54) is 12.5 Å². The Morgan fingerprint density at radius 2 is 1.64 bits per heavy atom. The molecule has 1 aromatic rings. The van der Waals surface area contributed by atoms with Gasteiger partial charge in [-0.2, -0.15) is 4.98 Å². The third-order valence-corrected chi connectivity index (χ3v) is 2.91. The highest BCUT2D eigenvalue weighted by Crippen LogP contribution is 2.12. The number of rotatable bonds is 12. The van der Waals surface area contributed by atoms with Crippen molar-refractivity contribution in [2.75, 3.05) is 13.2 Å². The SMILES string of the molecule is C=COC(CC)COc1ccnc(OCC(CC)OC=C)n1. The molecule has 0 saturated carbocycles. The van der Waals surface area contributed by atoms with E-state index in [4.69, 9.17) is 18.9 Å². The molecule has 1 rings (SSSR count). The van der Waals surface area contributed by atoms with Crippen LogP contribution >= 0.6 is 0 Å². The molecule has 6 heteroatoms. The van der Waals surface area contributed by atoms with E-state index in [9.17, 15) is 0 Å². The molecule has 6 nitrogen and oxygen atoms in total.